The number of halogens is 1. The average molecular weight is 515 g/mol. The van der Waals surface area contributed by atoms with E-state index in [-0.39, 0.29) is 29.0 Å². The van der Waals surface area contributed by atoms with Crippen LogP contribution in [-0.4, -0.2) is 75.3 Å². The lowest BCUT2D eigenvalue weighted by Crippen LogP contribution is -2.51. The Labute approximate surface area is 211 Å². The zero-order valence-electron chi connectivity index (χ0n) is 20.4. The average Bonchev–Trinajstić information content (AvgIpc) is 3.14. The standard InChI is InChI=1S/C26H31FN4O4S/c1-28(20-5-3-2-4-6-20)36(34,35)22-11-12-24-23(17-22)25(32)26(33)31(24)18-29-13-15-30(16-14-29)21-9-7-19(27)8-10-21/h7-12,17,20H,2-6,13-16,18H2,1H3. The van der Waals surface area contributed by atoms with Crippen LogP contribution in [0, 0.1) is 5.82 Å². The fraction of sp³-hybridized carbons (Fsp3) is 0.462. The van der Waals surface area contributed by atoms with Gasteiger partial charge in [0.2, 0.25) is 10.0 Å². The highest BCUT2D eigenvalue weighted by molar-refractivity contribution is 7.89. The second kappa shape index (κ2) is 9.91. The van der Waals surface area contributed by atoms with Crippen molar-refractivity contribution < 1.29 is 22.4 Å². The molecule has 1 saturated heterocycles. The van der Waals surface area contributed by atoms with Crippen molar-refractivity contribution >= 4 is 33.1 Å². The summed E-state index contributed by atoms with van der Waals surface area (Å²) in [6.45, 7) is 3.01. The minimum Gasteiger partial charge on any atom is -0.369 e. The Morgan fingerprint density at radius 1 is 0.944 bits per heavy atom. The lowest BCUT2D eigenvalue weighted by atomic mass is 9.96. The van der Waals surface area contributed by atoms with Crippen LogP contribution in [0.15, 0.2) is 47.4 Å². The SMILES string of the molecule is CN(C1CCCCC1)S(=O)(=O)c1ccc2c(c1)C(=O)C(=O)N2CN1CCN(c2ccc(F)cc2)CC1. The molecule has 36 heavy (non-hydrogen) atoms. The fourth-order valence-corrected chi connectivity index (χ4v) is 6.83. The van der Waals surface area contributed by atoms with Crippen molar-refractivity contribution in [2.24, 2.45) is 0 Å². The Morgan fingerprint density at radius 2 is 1.61 bits per heavy atom. The van der Waals surface area contributed by atoms with E-state index in [1.54, 1.807) is 25.2 Å². The number of anilines is 2. The summed E-state index contributed by atoms with van der Waals surface area (Å²) >= 11 is 0. The van der Waals surface area contributed by atoms with Crippen molar-refractivity contribution in [2.75, 3.05) is 49.7 Å². The molecule has 2 aliphatic heterocycles. The predicted octanol–water partition coefficient (Wildman–Crippen LogP) is 3.09. The largest absolute Gasteiger partial charge is 0.369 e. The van der Waals surface area contributed by atoms with Crippen LogP contribution in [0.1, 0.15) is 42.5 Å². The molecule has 192 valence electrons. The summed E-state index contributed by atoms with van der Waals surface area (Å²) in [5.74, 6) is -1.58. The van der Waals surface area contributed by atoms with E-state index in [1.807, 2.05) is 0 Å². The van der Waals surface area contributed by atoms with Crippen LogP contribution in [0.25, 0.3) is 0 Å². The van der Waals surface area contributed by atoms with E-state index in [1.165, 1.54) is 33.5 Å². The smallest absolute Gasteiger partial charge is 0.300 e. The third kappa shape index (κ3) is 4.65. The Bertz CT molecular complexity index is 1250. The highest BCUT2D eigenvalue weighted by atomic mass is 32.2. The number of piperazine rings is 1. The van der Waals surface area contributed by atoms with Crippen LogP contribution in [0.3, 0.4) is 0 Å². The van der Waals surface area contributed by atoms with E-state index >= 15 is 0 Å². The lowest BCUT2D eigenvalue weighted by Gasteiger charge is -2.37. The molecule has 1 amide bonds. The van der Waals surface area contributed by atoms with E-state index in [9.17, 15) is 22.4 Å². The summed E-state index contributed by atoms with van der Waals surface area (Å²) in [6, 6.07) is 10.8. The summed E-state index contributed by atoms with van der Waals surface area (Å²) in [4.78, 5) is 31.4. The fourth-order valence-electron chi connectivity index (χ4n) is 5.39. The minimum absolute atomic E-state index is 0.0422. The number of hydrogen-bond donors (Lipinski definition) is 0. The Balaban J connectivity index is 1.29. The molecule has 0 spiro atoms. The number of ketones is 1. The van der Waals surface area contributed by atoms with E-state index in [0.717, 1.165) is 37.8 Å². The number of hydrogen-bond acceptors (Lipinski definition) is 6. The van der Waals surface area contributed by atoms with Crippen molar-refractivity contribution in [3.63, 3.8) is 0 Å². The molecule has 5 rings (SSSR count). The summed E-state index contributed by atoms with van der Waals surface area (Å²) in [5.41, 5.74) is 1.54. The van der Waals surface area contributed by atoms with Crippen molar-refractivity contribution in [1.29, 1.82) is 0 Å². The van der Waals surface area contributed by atoms with Crippen LogP contribution < -0.4 is 9.80 Å². The molecule has 0 N–H and O–H groups in total. The van der Waals surface area contributed by atoms with E-state index in [2.05, 4.69) is 9.80 Å². The lowest BCUT2D eigenvalue weighted by molar-refractivity contribution is -0.114. The van der Waals surface area contributed by atoms with Crippen LogP contribution in [0.4, 0.5) is 15.8 Å². The second-order valence-electron chi connectivity index (χ2n) is 9.78. The minimum atomic E-state index is -3.77. The number of rotatable bonds is 6. The van der Waals surface area contributed by atoms with Crippen molar-refractivity contribution in [3.8, 4) is 0 Å². The zero-order chi connectivity index (χ0) is 25.4. The zero-order valence-corrected chi connectivity index (χ0v) is 21.2. The van der Waals surface area contributed by atoms with Gasteiger partial charge in [-0.2, -0.15) is 4.31 Å². The number of fused-ring (bicyclic) bond motifs is 1. The number of sulfonamides is 1. The van der Waals surface area contributed by atoms with Gasteiger partial charge in [-0.3, -0.25) is 19.4 Å². The highest BCUT2D eigenvalue weighted by Crippen LogP contribution is 2.33. The number of nitrogens with zero attached hydrogens (tertiary/aromatic N) is 4. The molecule has 1 saturated carbocycles. The van der Waals surface area contributed by atoms with Crippen molar-refractivity contribution in [1.82, 2.24) is 9.21 Å². The maximum atomic E-state index is 13.3. The first-order valence-electron chi connectivity index (χ1n) is 12.5. The van der Waals surface area contributed by atoms with Gasteiger partial charge in [0.05, 0.1) is 22.8 Å². The van der Waals surface area contributed by atoms with Crippen molar-refractivity contribution in [2.45, 2.75) is 43.0 Å². The highest BCUT2D eigenvalue weighted by Gasteiger charge is 2.39. The van der Waals surface area contributed by atoms with Gasteiger partial charge in [0.1, 0.15) is 5.82 Å². The first-order chi connectivity index (χ1) is 17.3. The molecule has 1 aliphatic carbocycles. The first kappa shape index (κ1) is 24.9. The first-order valence-corrected chi connectivity index (χ1v) is 13.9. The summed E-state index contributed by atoms with van der Waals surface area (Å²) < 4.78 is 41.2. The molecular formula is C26H31FN4O4S. The molecule has 8 nitrogen and oxygen atoms in total. The normalized spacial score (nSPS) is 19.9. The number of benzene rings is 2. The molecule has 3 aliphatic rings. The van der Waals surface area contributed by atoms with Crippen LogP contribution in [0.5, 0.6) is 0 Å². The molecule has 2 aromatic carbocycles. The van der Waals surface area contributed by atoms with Gasteiger partial charge in [0, 0.05) is 45.0 Å². The molecule has 0 unspecified atom stereocenters. The van der Waals surface area contributed by atoms with Gasteiger partial charge in [0.25, 0.3) is 5.78 Å². The third-order valence-corrected chi connectivity index (χ3v) is 9.52. The number of Topliss-reactive ketones (excluding diaryl/α,β-unsaturated/α-hetero) is 1. The number of carbonyl (C=O) groups excluding carboxylic acids is 2. The summed E-state index contributed by atoms with van der Waals surface area (Å²) in [6.07, 6.45) is 4.81. The van der Waals surface area contributed by atoms with Gasteiger partial charge in [-0.1, -0.05) is 19.3 Å². The molecule has 2 fully saturated rings. The van der Waals surface area contributed by atoms with Crippen molar-refractivity contribution in [3.05, 3.63) is 53.8 Å². The predicted molar refractivity (Wildman–Crippen MR) is 135 cm³/mol. The Hall–Kier alpha value is -2.82. The van der Waals surface area contributed by atoms with Gasteiger partial charge < -0.3 is 4.90 Å². The Kier molecular flexibility index (Phi) is 6.84. The topological polar surface area (TPSA) is 81.2 Å². The second-order valence-corrected chi connectivity index (χ2v) is 11.8. The maximum absolute atomic E-state index is 13.3. The maximum Gasteiger partial charge on any atom is 0.300 e. The number of amides is 1. The molecule has 10 heteroatoms. The summed E-state index contributed by atoms with van der Waals surface area (Å²) in [5, 5.41) is 0. The monoisotopic (exact) mass is 514 g/mol. The van der Waals surface area contributed by atoms with Gasteiger partial charge in [-0.15, -0.1) is 0 Å². The van der Waals surface area contributed by atoms with Crippen LogP contribution >= 0.6 is 0 Å². The van der Waals surface area contributed by atoms with Gasteiger partial charge in [-0.25, -0.2) is 12.8 Å². The molecular weight excluding hydrogens is 483 g/mol. The third-order valence-electron chi connectivity index (χ3n) is 7.61. The quantitative estimate of drug-likeness (QED) is 0.551. The van der Waals surface area contributed by atoms with Crippen LogP contribution in [0.2, 0.25) is 0 Å². The number of carbonyl (C=O) groups is 2. The molecule has 0 bridgehead atoms. The molecule has 2 heterocycles. The molecule has 2 aromatic rings. The summed E-state index contributed by atoms with van der Waals surface area (Å²) in [7, 11) is -2.17. The molecule has 0 aromatic heterocycles. The Morgan fingerprint density at radius 3 is 2.28 bits per heavy atom. The van der Waals surface area contributed by atoms with E-state index in [4.69, 9.17) is 0 Å². The van der Waals surface area contributed by atoms with Gasteiger partial charge in [-0.05, 0) is 55.3 Å². The van der Waals surface area contributed by atoms with Gasteiger partial charge in [0.15, 0.2) is 0 Å². The molecule has 0 atom stereocenters. The van der Waals surface area contributed by atoms with E-state index < -0.39 is 21.7 Å². The van der Waals surface area contributed by atoms with E-state index in [0.29, 0.717) is 31.9 Å². The van der Waals surface area contributed by atoms with Gasteiger partial charge >= 0.3 is 5.91 Å². The molecule has 0 radical (unpaired) electrons. The van der Waals surface area contributed by atoms with Crippen LogP contribution in [-0.2, 0) is 14.8 Å².